The van der Waals surface area contributed by atoms with Crippen LogP contribution >= 0.6 is 0 Å². The Balaban J connectivity index is 1.94. The lowest BCUT2D eigenvalue weighted by Crippen LogP contribution is -2.24. The highest BCUT2D eigenvalue weighted by molar-refractivity contribution is 5.92. The summed E-state index contributed by atoms with van der Waals surface area (Å²) < 4.78 is 5.10. The van der Waals surface area contributed by atoms with Crippen molar-refractivity contribution in [3.8, 4) is 5.75 Å². The summed E-state index contributed by atoms with van der Waals surface area (Å²) in [6.07, 6.45) is 9.68. The van der Waals surface area contributed by atoms with Crippen molar-refractivity contribution in [2.24, 2.45) is 5.92 Å². The molecule has 0 atom stereocenters. The van der Waals surface area contributed by atoms with Crippen LogP contribution in [0.1, 0.15) is 32.1 Å². The highest BCUT2D eigenvalue weighted by Gasteiger charge is 2.13. The summed E-state index contributed by atoms with van der Waals surface area (Å²) in [5.41, 5.74) is 0.143. The fourth-order valence-electron chi connectivity index (χ4n) is 2.65. The third-order valence-corrected chi connectivity index (χ3v) is 3.87. The van der Waals surface area contributed by atoms with Gasteiger partial charge in [0.15, 0.2) is 0 Å². The number of methoxy groups -OCH3 is 1. The summed E-state index contributed by atoms with van der Waals surface area (Å²) in [6, 6.07) is 3.58. The van der Waals surface area contributed by atoms with E-state index in [1.54, 1.807) is 6.20 Å². The molecule has 0 bridgehead atoms. The molecule has 1 aliphatic carbocycles. The number of carbonyl (C=O) groups excluding carboxylic acids is 1. The van der Waals surface area contributed by atoms with Crippen LogP contribution in [0.5, 0.6) is 5.75 Å². The second-order valence-corrected chi connectivity index (χ2v) is 5.50. The lowest BCUT2D eigenvalue weighted by Gasteiger charge is -2.17. The molecule has 0 unspecified atom stereocenters. The first kappa shape index (κ1) is 16.8. The van der Waals surface area contributed by atoms with E-state index in [0.717, 1.165) is 12.8 Å². The molecule has 0 spiro atoms. The Bertz CT molecular complexity index is 595. The Morgan fingerprint density at radius 3 is 2.74 bits per heavy atom. The maximum Gasteiger partial charge on any atom is 0.323 e. The van der Waals surface area contributed by atoms with Crippen molar-refractivity contribution >= 4 is 17.4 Å². The quantitative estimate of drug-likeness (QED) is 0.637. The van der Waals surface area contributed by atoms with Crippen molar-refractivity contribution in [3.63, 3.8) is 0 Å². The molecule has 0 aromatic heterocycles. The van der Waals surface area contributed by atoms with Crippen LogP contribution in [-0.4, -0.2) is 18.1 Å². The fourth-order valence-corrected chi connectivity index (χ4v) is 2.65. The van der Waals surface area contributed by atoms with Crippen LogP contribution < -0.4 is 15.4 Å². The zero-order valence-electron chi connectivity index (χ0n) is 13.1. The van der Waals surface area contributed by atoms with E-state index >= 15 is 0 Å². The number of carbonyl (C=O) groups is 1. The van der Waals surface area contributed by atoms with E-state index in [2.05, 4.69) is 10.6 Å². The smallest absolute Gasteiger partial charge is 0.323 e. The molecule has 1 saturated carbocycles. The second kappa shape index (κ2) is 8.17. The maximum atomic E-state index is 11.9. The summed E-state index contributed by atoms with van der Waals surface area (Å²) >= 11 is 0. The lowest BCUT2D eigenvalue weighted by atomic mass is 9.89. The monoisotopic (exact) mass is 319 g/mol. The summed E-state index contributed by atoms with van der Waals surface area (Å²) in [5.74, 6) is 0.874. The zero-order valence-corrected chi connectivity index (χ0v) is 13.1. The van der Waals surface area contributed by atoms with E-state index in [-0.39, 0.29) is 11.4 Å². The van der Waals surface area contributed by atoms with Crippen LogP contribution in [0.3, 0.4) is 0 Å². The molecule has 1 aromatic rings. The van der Waals surface area contributed by atoms with Gasteiger partial charge in [0.25, 0.3) is 5.69 Å². The number of rotatable bonds is 5. The average Bonchev–Trinajstić information content (AvgIpc) is 2.55. The molecule has 2 N–H and O–H groups in total. The van der Waals surface area contributed by atoms with Crippen LogP contribution in [0.25, 0.3) is 0 Å². The number of urea groups is 1. The molecule has 7 nitrogen and oxygen atoms in total. The molecule has 1 aliphatic rings. The first-order valence-electron chi connectivity index (χ1n) is 7.67. The number of amides is 2. The molecule has 1 fully saturated rings. The molecule has 1 aromatic carbocycles. The standard InChI is InChI=1S/C16H21N3O4/c1-23-15-8-7-13(19(21)22)11-14(15)18-16(20)17-10-9-12-5-3-2-4-6-12/h7-12H,2-6H2,1H3,(H2,17,18,20)/b10-9+. The van der Waals surface area contributed by atoms with Gasteiger partial charge in [0, 0.05) is 18.3 Å². The Morgan fingerprint density at radius 1 is 1.35 bits per heavy atom. The fraction of sp³-hybridized carbons (Fsp3) is 0.438. The molecule has 2 amide bonds. The van der Waals surface area contributed by atoms with E-state index < -0.39 is 11.0 Å². The largest absolute Gasteiger partial charge is 0.495 e. The topological polar surface area (TPSA) is 93.5 Å². The number of hydrogen-bond donors (Lipinski definition) is 2. The van der Waals surface area contributed by atoms with Crippen molar-refractivity contribution in [1.82, 2.24) is 5.32 Å². The second-order valence-electron chi connectivity index (χ2n) is 5.50. The number of nitrogens with zero attached hydrogens (tertiary/aromatic N) is 1. The van der Waals surface area contributed by atoms with Gasteiger partial charge in [0.1, 0.15) is 5.75 Å². The molecule has 2 rings (SSSR count). The highest BCUT2D eigenvalue weighted by Crippen LogP contribution is 2.28. The Hall–Kier alpha value is -2.57. The molecule has 7 heteroatoms. The maximum absolute atomic E-state index is 11.9. The number of benzene rings is 1. The highest BCUT2D eigenvalue weighted by atomic mass is 16.6. The third kappa shape index (κ3) is 4.98. The van der Waals surface area contributed by atoms with Crippen molar-refractivity contribution in [2.45, 2.75) is 32.1 Å². The third-order valence-electron chi connectivity index (χ3n) is 3.87. The van der Waals surface area contributed by atoms with Gasteiger partial charge in [-0.3, -0.25) is 10.1 Å². The minimum Gasteiger partial charge on any atom is -0.495 e. The predicted octanol–water partition coefficient (Wildman–Crippen LogP) is 3.82. The Labute approximate surface area is 134 Å². The first-order chi connectivity index (χ1) is 11.1. The van der Waals surface area contributed by atoms with Crippen LogP contribution in [0, 0.1) is 16.0 Å². The van der Waals surface area contributed by atoms with E-state index in [4.69, 9.17) is 4.74 Å². The van der Waals surface area contributed by atoms with E-state index in [9.17, 15) is 14.9 Å². The molecular weight excluding hydrogens is 298 g/mol. The van der Waals surface area contributed by atoms with Gasteiger partial charge in [-0.1, -0.05) is 25.3 Å². The lowest BCUT2D eigenvalue weighted by molar-refractivity contribution is -0.384. The number of anilines is 1. The number of hydrogen-bond acceptors (Lipinski definition) is 4. The zero-order chi connectivity index (χ0) is 16.7. The summed E-state index contributed by atoms with van der Waals surface area (Å²) in [6.45, 7) is 0. The van der Waals surface area contributed by atoms with Gasteiger partial charge >= 0.3 is 6.03 Å². The van der Waals surface area contributed by atoms with Crippen molar-refractivity contribution < 1.29 is 14.5 Å². The van der Waals surface area contributed by atoms with E-state index in [1.165, 1.54) is 44.6 Å². The van der Waals surface area contributed by atoms with Crippen LogP contribution in [-0.2, 0) is 0 Å². The first-order valence-corrected chi connectivity index (χ1v) is 7.67. The SMILES string of the molecule is COc1ccc([N+](=O)[O-])cc1NC(=O)N/C=C/C1CCCCC1. The van der Waals surface area contributed by atoms with E-state index in [0.29, 0.717) is 11.7 Å². The minimum atomic E-state index is -0.522. The van der Waals surface area contributed by atoms with Gasteiger partial charge in [-0.25, -0.2) is 4.79 Å². The van der Waals surface area contributed by atoms with Gasteiger partial charge in [-0.2, -0.15) is 0 Å². The number of non-ortho nitro benzene ring substituents is 1. The molecule has 124 valence electrons. The Morgan fingerprint density at radius 2 is 2.09 bits per heavy atom. The average molecular weight is 319 g/mol. The van der Waals surface area contributed by atoms with Gasteiger partial charge in [0.2, 0.25) is 0 Å². The van der Waals surface area contributed by atoms with E-state index in [1.807, 2.05) is 6.08 Å². The van der Waals surface area contributed by atoms with Gasteiger partial charge < -0.3 is 15.4 Å². The number of nitro benzene ring substituents is 1. The van der Waals surface area contributed by atoms with Crippen LogP contribution in [0.2, 0.25) is 0 Å². The van der Waals surface area contributed by atoms with Crippen molar-refractivity contribution in [3.05, 3.63) is 40.6 Å². The van der Waals surface area contributed by atoms with Crippen LogP contribution in [0.15, 0.2) is 30.5 Å². The predicted molar refractivity (Wildman–Crippen MR) is 87.5 cm³/mol. The molecule has 0 heterocycles. The summed E-state index contributed by atoms with van der Waals surface area (Å²) in [4.78, 5) is 22.2. The number of nitro groups is 1. The minimum absolute atomic E-state index is 0.112. The molecule has 0 saturated heterocycles. The van der Waals surface area contributed by atoms with Crippen molar-refractivity contribution in [2.75, 3.05) is 12.4 Å². The van der Waals surface area contributed by atoms with Gasteiger partial charge in [-0.05, 0) is 24.8 Å². The van der Waals surface area contributed by atoms with Gasteiger partial charge in [0.05, 0.1) is 17.7 Å². The Kier molecular flexibility index (Phi) is 5.96. The molecule has 0 radical (unpaired) electrons. The number of nitrogens with one attached hydrogen (secondary N) is 2. The van der Waals surface area contributed by atoms with Crippen molar-refractivity contribution in [1.29, 1.82) is 0 Å². The molecule has 0 aliphatic heterocycles. The normalized spacial score (nSPS) is 15.3. The summed E-state index contributed by atoms with van der Waals surface area (Å²) in [7, 11) is 1.44. The molecule has 23 heavy (non-hydrogen) atoms. The van der Waals surface area contributed by atoms with Crippen LogP contribution in [0.4, 0.5) is 16.2 Å². The van der Waals surface area contributed by atoms with Gasteiger partial charge in [-0.15, -0.1) is 0 Å². The molecular formula is C16H21N3O4. The summed E-state index contributed by atoms with van der Waals surface area (Å²) in [5, 5.41) is 16.0. The number of ether oxygens (including phenoxy) is 1. The number of allylic oxidation sites excluding steroid dienone is 1.